The van der Waals surface area contributed by atoms with Crippen molar-refractivity contribution in [1.82, 2.24) is 14.2 Å². The van der Waals surface area contributed by atoms with Crippen LogP contribution in [-0.2, 0) is 10.0 Å². The third kappa shape index (κ3) is 5.05. The Morgan fingerprint density at radius 2 is 1.80 bits per heavy atom. The highest BCUT2D eigenvalue weighted by Gasteiger charge is 2.33. The Hall–Kier alpha value is -2.73. The van der Waals surface area contributed by atoms with Gasteiger partial charge in [0.25, 0.3) is 5.91 Å². The number of pyridine rings is 1. The van der Waals surface area contributed by atoms with Crippen LogP contribution < -0.4 is 4.74 Å². The van der Waals surface area contributed by atoms with E-state index >= 15 is 0 Å². The van der Waals surface area contributed by atoms with E-state index in [4.69, 9.17) is 0 Å². The summed E-state index contributed by atoms with van der Waals surface area (Å²) in [4.78, 5) is 17.5. The van der Waals surface area contributed by atoms with E-state index in [0.29, 0.717) is 0 Å². The maximum absolute atomic E-state index is 13.4. The summed E-state index contributed by atoms with van der Waals surface area (Å²) in [7, 11) is -3.94. The molecule has 2 aromatic rings. The van der Waals surface area contributed by atoms with Crippen LogP contribution in [-0.4, -0.2) is 67.5 Å². The highest BCUT2D eigenvalue weighted by atomic mass is 32.2. The molecule has 162 valence electrons. The molecule has 0 atom stereocenters. The topological polar surface area (TPSA) is 79.8 Å². The number of carbonyl (C=O) groups is 1. The van der Waals surface area contributed by atoms with Crippen molar-refractivity contribution in [2.24, 2.45) is 0 Å². The molecule has 0 N–H and O–H groups in total. The van der Waals surface area contributed by atoms with Gasteiger partial charge in [0.15, 0.2) is 6.61 Å². The van der Waals surface area contributed by atoms with Crippen LogP contribution in [0.4, 0.5) is 17.6 Å². The third-order valence-electron chi connectivity index (χ3n) is 4.33. The van der Waals surface area contributed by atoms with E-state index in [2.05, 4.69) is 9.72 Å². The van der Waals surface area contributed by atoms with Gasteiger partial charge in [0.1, 0.15) is 11.4 Å². The maximum Gasteiger partial charge on any atom is 0.422 e. The second-order valence-corrected chi connectivity index (χ2v) is 8.35. The van der Waals surface area contributed by atoms with E-state index in [1.165, 1.54) is 35.4 Å². The number of carbonyl (C=O) groups excluding carboxylic acids is 1. The SMILES string of the molecule is O=C(c1cccnc1OCC(F)(F)F)N1CCN(S(=O)(=O)c2cccc(F)c2)CC1. The fraction of sp³-hybridized carbons (Fsp3) is 0.333. The summed E-state index contributed by atoms with van der Waals surface area (Å²) in [6.07, 6.45) is -3.39. The molecule has 2 heterocycles. The second-order valence-electron chi connectivity index (χ2n) is 6.41. The molecule has 1 fully saturated rings. The zero-order valence-electron chi connectivity index (χ0n) is 15.5. The van der Waals surface area contributed by atoms with Gasteiger partial charge in [-0.15, -0.1) is 0 Å². The number of ether oxygens (including phenoxy) is 1. The van der Waals surface area contributed by atoms with Crippen molar-refractivity contribution in [2.75, 3.05) is 32.8 Å². The van der Waals surface area contributed by atoms with E-state index in [1.54, 1.807) is 0 Å². The molecule has 1 aromatic carbocycles. The van der Waals surface area contributed by atoms with Crippen LogP contribution in [0.5, 0.6) is 5.88 Å². The Labute approximate surface area is 169 Å². The summed E-state index contributed by atoms with van der Waals surface area (Å²) >= 11 is 0. The zero-order chi connectivity index (χ0) is 21.9. The molecule has 1 aliphatic heterocycles. The lowest BCUT2D eigenvalue weighted by Gasteiger charge is -2.34. The fourth-order valence-electron chi connectivity index (χ4n) is 2.90. The number of nitrogens with zero attached hydrogens (tertiary/aromatic N) is 3. The van der Waals surface area contributed by atoms with E-state index in [9.17, 15) is 30.8 Å². The number of halogens is 4. The Balaban J connectivity index is 1.69. The highest BCUT2D eigenvalue weighted by molar-refractivity contribution is 7.89. The molecular weight excluding hydrogens is 430 g/mol. The average Bonchev–Trinajstić information content (AvgIpc) is 2.71. The number of piperazine rings is 1. The minimum absolute atomic E-state index is 0.000976. The van der Waals surface area contributed by atoms with Crippen molar-refractivity contribution in [1.29, 1.82) is 0 Å². The number of hydrogen-bond donors (Lipinski definition) is 0. The van der Waals surface area contributed by atoms with E-state index in [0.717, 1.165) is 16.4 Å². The van der Waals surface area contributed by atoms with Crippen molar-refractivity contribution in [3.8, 4) is 5.88 Å². The number of amides is 1. The smallest absolute Gasteiger partial charge is 0.422 e. The first-order chi connectivity index (χ1) is 14.1. The molecule has 1 amide bonds. The van der Waals surface area contributed by atoms with Crippen LogP contribution >= 0.6 is 0 Å². The van der Waals surface area contributed by atoms with Gasteiger partial charge in [0, 0.05) is 32.4 Å². The van der Waals surface area contributed by atoms with Gasteiger partial charge in [0.2, 0.25) is 15.9 Å². The van der Waals surface area contributed by atoms with Gasteiger partial charge in [0.05, 0.1) is 4.90 Å². The fourth-order valence-corrected chi connectivity index (χ4v) is 4.35. The Morgan fingerprint density at radius 1 is 1.10 bits per heavy atom. The number of benzene rings is 1. The van der Waals surface area contributed by atoms with Crippen molar-refractivity contribution in [3.05, 3.63) is 54.0 Å². The van der Waals surface area contributed by atoms with E-state index < -0.39 is 40.4 Å². The first-order valence-electron chi connectivity index (χ1n) is 8.77. The van der Waals surface area contributed by atoms with Crippen LogP contribution in [0.3, 0.4) is 0 Å². The van der Waals surface area contributed by atoms with Crippen LogP contribution in [0.1, 0.15) is 10.4 Å². The van der Waals surface area contributed by atoms with Gasteiger partial charge in [-0.1, -0.05) is 6.07 Å². The lowest BCUT2D eigenvalue weighted by atomic mass is 10.2. The van der Waals surface area contributed by atoms with Gasteiger partial charge < -0.3 is 9.64 Å². The predicted octanol–water partition coefficient (Wildman–Crippen LogP) is 2.31. The number of rotatable bonds is 5. The second kappa shape index (κ2) is 8.56. The van der Waals surface area contributed by atoms with Crippen LogP contribution in [0.2, 0.25) is 0 Å². The molecule has 7 nitrogen and oxygen atoms in total. The zero-order valence-corrected chi connectivity index (χ0v) is 16.3. The van der Waals surface area contributed by atoms with Crippen molar-refractivity contribution < 1.29 is 35.5 Å². The summed E-state index contributed by atoms with van der Waals surface area (Å²) in [5, 5.41) is 0. The quantitative estimate of drug-likeness (QED) is 0.658. The largest absolute Gasteiger partial charge is 0.467 e. The molecule has 1 aromatic heterocycles. The first kappa shape index (κ1) is 22.0. The van der Waals surface area contributed by atoms with Crippen molar-refractivity contribution in [2.45, 2.75) is 11.1 Å². The molecule has 1 saturated heterocycles. The summed E-state index contributed by atoms with van der Waals surface area (Å²) in [5.74, 6) is -1.76. The lowest BCUT2D eigenvalue weighted by molar-refractivity contribution is -0.154. The molecule has 0 spiro atoms. The van der Waals surface area contributed by atoms with Crippen LogP contribution in [0.25, 0.3) is 0 Å². The summed E-state index contributed by atoms with van der Waals surface area (Å²) in [6.45, 7) is -1.70. The van der Waals surface area contributed by atoms with E-state index in [-0.39, 0.29) is 36.6 Å². The molecule has 1 aliphatic rings. The number of sulfonamides is 1. The molecule has 3 rings (SSSR count). The molecule has 0 saturated carbocycles. The predicted molar refractivity (Wildman–Crippen MR) is 96.8 cm³/mol. The Morgan fingerprint density at radius 3 is 2.43 bits per heavy atom. The van der Waals surface area contributed by atoms with Crippen LogP contribution in [0, 0.1) is 5.82 Å². The van der Waals surface area contributed by atoms with Crippen LogP contribution in [0.15, 0.2) is 47.5 Å². The molecule has 0 unspecified atom stereocenters. The molecular formula is C18H17F4N3O4S. The first-order valence-corrected chi connectivity index (χ1v) is 10.2. The molecule has 0 bridgehead atoms. The summed E-state index contributed by atoms with van der Waals surface area (Å²) in [5.41, 5.74) is -0.150. The third-order valence-corrected chi connectivity index (χ3v) is 6.23. The molecule has 0 aliphatic carbocycles. The van der Waals surface area contributed by atoms with Gasteiger partial charge >= 0.3 is 6.18 Å². The van der Waals surface area contributed by atoms with Gasteiger partial charge in [-0.2, -0.15) is 17.5 Å². The Bertz CT molecular complexity index is 1020. The average molecular weight is 447 g/mol. The molecule has 0 radical (unpaired) electrons. The minimum Gasteiger partial charge on any atom is -0.467 e. The highest BCUT2D eigenvalue weighted by Crippen LogP contribution is 2.23. The minimum atomic E-state index is -4.59. The Kier molecular flexibility index (Phi) is 6.27. The van der Waals surface area contributed by atoms with E-state index in [1.807, 2.05) is 0 Å². The number of hydrogen-bond acceptors (Lipinski definition) is 5. The van der Waals surface area contributed by atoms with Gasteiger partial charge in [-0.25, -0.2) is 17.8 Å². The normalized spacial score (nSPS) is 15.8. The molecule has 12 heteroatoms. The number of alkyl halides is 3. The summed E-state index contributed by atoms with van der Waals surface area (Å²) < 4.78 is 81.6. The monoisotopic (exact) mass is 447 g/mol. The van der Waals surface area contributed by atoms with Crippen molar-refractivity contribution in [3.63, 3.8) is 0 Å². The maximum atomic E-state index is 13.4. The van der Waals surface area contributed by atoms with Gasteiger partial charge in [-0.3, -0.25) is 4.79 Å². The lowest BCUT2D eigenvalue weighted by Crippen LogP contribution is -2.50. The van der Waals surface area contributed by atoms with Crippen molar-refractivity contribution >= 4 is 15.9 Å². The van der Waals surface area contributed by atoms with Gasteiger partial charge in [-0.05, 0) is 30.3 Å². The summed E-state index contributed by atoms with van der Waals surface area (Å²) in [6, 6.07) is 7.27. The number of aromatic nitrogens is 1. The standard InChI is InChI=1S/C18H17F4N3O4S/c19-13-3-1-4-14(11-13)30(27,28)25-9-7-24(8-10-25)17(26)15-5-2-6-23-16(15)29-12-18(20,21)22/h1-6,11H,7-10,12H2. The molecule has 30 heavy (non-hydrogen) atoms.